The molecule has 2 atom stereocenters. The van der Waals surface area contributed by atoms with Crippen LogP contribution in [0.3, 0.4) is 0 Å². The minimum Gasteiger partial charge on any atom is -0.0617 e. The van der Waals surface area contributed by atoms with Gasteiger partial charge in [0, 0.05) is 0 Å². The van der Waals surface area contributed by atoms with Crippen LogP contribution >= 0.6 is 0 Å². The molecule has 1 saturated carbocycles. The minimum absolute atomic E-state index is 0.667. The second kappa shape index (κ2) is 1.04. The first kappa shape index (κ1) is 5.14. The molecule has 0 bridgehead atoms. The van der Waals surface area contributed by atoms with Crippen molar-refractivity contribution in [1.82, 2.24) is 0 Å². The summed E-state index contributed by atoms with van der Waals surface area (Å²) < 4.78 is 0. The predicted octanol–water partition coefficient (Wildman–Crippen LogP) is 2.30. The molecular weight excluding hydrogens is 84.1 g/mol. The van der Waals surface area contributed by atoms with Gasteiger partial charge in [-0.3, -0.25) is 0 Å². The average molecular weight is 98.2 g/mol. The van der Waals surface area contributed by atoms with Gasteiger partial charge in [0.25, 0.3) is 0 Å². The van der Waals surface area contributed by atoms with Crippen molar-refractivity contribution in [1.29, 1.82) is 0 Å². The van der Waals surface area contributed by atoms with Crippen molar-refractivity contribution < 1.29 is 0 Å². The normalized spacial score (nSPS) is 46.3. The molecule has 0 N–H and O–H groups in total. The summed E-state index contributed by atoms with van der Waals surface area (Å²) >= 11 is 0. The summed E-state index contributed by atoms with van der Waals surface area (Å²) in [5, 5.41) is 0. The second-order valence-electron chi connectivity index (χ2n) is 3.40. The van der Waals surface area contributed by atoms with Gasteiger partial charge in [-0.15, -0.1) is 0 Å². The molecule has 1 rings (SSSR count). The standard InChI is InChI=1S/C7H14/c1-5-6(2)7(5,3)4/h5-6H,1-4H3/t5-,6?/m1/s1. The Morgan fingerprint density at radius 2 is 1.14 bits per heavy atom. The highest BCUT2D eigenvalue weighted by molar-refractivity contribution is 4.99. The molecule has 7 heavy (non-hydrogen) atoms. The summed E-state index contributed by atoms with van der Waals surface area (Å²) in [7, 11) is 0. The lowest BCUT2D eigenvalue weighted by Gasteiger charge is -1.94. The second-order valence-corrected chi connectivity index (χ2v) is 3.40. The van der Waals surface area contributed by atoms with Crippen molar-refractivity contribution in [2.75, 3.05) is 0 Å². The lowest BCUT2D eigenvalue weighted by atomic mass is 10.1. The van der Waals surface area contributed by atoms with Gasteiger partial charge >= 0.3 is 0 Å². The van der Waals surface area contributed by atoms with E-state index in [0.717, 1.165) is 11.8 Å². The van der Waals surface area contributed by atoms with Crippen molar-refractivity contribution in [3.8, 4) is 0 Å². The fraction of sp³-hybridized carbons (Fsp3) is 1.00. The van der Waals surface area contributed by atoms with Crippen LogP contribution in [0.2, 0.25) is 0 Å². The third-order valence-corrected chi connectivity index (χ3v) is 2.99. The van der Waals surface area contributed by atoms with Crippen LogP contribution in [0.25, 0.3) is 0 Å². The first-order valence-corrected chi connectivity index (χ1v) is 3.07. The molecule has 0 radical (unpaired) electrons. The van der Waals surface area contributed by atoms with Crippen LogP contribution in [0.5, 0.6) is 0 Å². The van der Waals surface area contributed by atoms with E-state index < -0.39 is 0 Å². The molecule has 0 heterocycles. The highest BCUT2D eigenvalue weighted by atomic mass is 14.6. The number of rotatable bonds is 0. The van der Waals surface area contributed by atoms with Gasteiger partial charge in [0.2, 0.25) is 0 Å². The van der Waals surface area contributed by atoms with Gasteiger partial charge in [0.15, 0.2) is 0 Å². The zero-order chi connectivity index (χ0) is 5.65. The summed E-state index contributed by atoms with van der Waals surface area (Å²) in [6.07, 6.45) is 0. The third kappa shape index (κ3) is 0.490. The Morgan fingerprint density at radius 1 is 1.00 bits per heavy atom. The van der Waals surface area contributed by atoms with Crippen LogP contribution in [-0.2, 0) is 0 Å². The smallest absolute Gasteiger partial charge is 0.0297 e. The predicted molar refractivity (Wildman–Crippen MR) is 32.1 cm³/mol. The molecule has 1 fully saturated rings. The molecule has 0 aromatic rings. The fourth-order valence-electron chi connectivity index (χ4n) is 1.19. The maximum atomic E-state index is 2.34. The van der Waals surface area contributed by atoms with Crippen molar-refractivity contribution >= 4 is 0 Å². The topological polar surface area (TPSA) is 0 Å². The quantitative estimate of drug-likeness (QED) is 0.436. The summed E-state index contributed by atoms with van der Waals surface area (Å²) in [5.41, 5.74) is 0.667. The zero-order valence-electron chi connectivity index (χ0n) is 5.65. The Labute approximate surface area is 45.9 Å². The van der Waals surface area contributed by atoms with E-state index in [4.69, 9.17) is 0 Å². The monoisotopic (exact) mass is 98.1 g/mol. The maximum absolute atomic E-state index is 2.34. The van der Waals surface area contributed by atoms with E-state index in [9.17, 15) is 0 Å². The molecule has 1 aliphatic carbocycles. The Balaban J connectivity index is 2.52. The first-order chi connectivity index (χ1) is 3.07. The highest BCUT2D eigenvalue weighted by Gasteiger charge is 2.50. The minimum atomic E-state index is 0.667. The van der Waals surface area contributed by atoms with Crippen LogP contribution in [0.4, 0.5) is 0 Å². The molecule has 0 saturated heterocycles. The summed E-state index contributed by atoms with van der Waals surface area (Å²) in [4.78, 5) is 0. The van der Waals surface area contributed by atoms with E-state index in [1.54, 1.807) is 0 Å². The molecule has 0 heteroatoms. The third-order valence-electron chi connectivity index (χ3n) is 2.99. The fourth-order valence-corrected chi connectivity index (χ4v) is 1.19. The SMILES string of the molecule is CC1[C@@H](C)C1(C)C. The van der Waals surface area contributed by atoms with E-state index in [-0.39, 0.29) is 0 Å². The van der Waals surface area contributed by atoms with Gasteiger partial charge in [-0.05, 0) is 17.3 Å². The van der Waals surface area contributed by atoms with E-state index >= 15 is 0 Å². The van der Waals surface area contributed by atoms with Gasteiger partial charge in [-0.1, -0.05) is 27.7 Å². The van der Waals surface area contributed by atoms with Gasteiger partial charge in [0.05, 0.1) is 0 Å². The highest BCUT2D eigenvalue weighted by Crippen LogP contribution is 2.57. The average Bonchev–Trinajstić information content (AvgIpc) is 1.91. The number of hydrogen-bond acceptors (Lipinski definition) is 0. The van der Waals surface area contributed by atoms with Crippen LogP contribution in [0.15, 0.2) is 0 Å². The van der Waals surface area contributed by atoms with Gasteiger partial charge in [0.1, 0.15) is 0 Å². The molecule has 0 aromatic heterocycles. The van der Waals surface area contributed by atoms with Crippen molar-refractivity contribution in [2.45, 2.75) is 27.7 Å². The molecule has 0 spiro atoms. The zero-order valence-corrected chi connectivity index (χ0v) is 5.65. The molecule has 0 aliphatic heterocycles. The molecule has 42 valence electrons. The Morgan fingerprint density at radius 3 is 1.14 bits per heavy atom. The van der Waals surface area contributed by atoms with Gasteiger partial charge in [-0.2, -0.15) is 0 Å². The first-order valence-electron chi connectivity index (χ1n) is 3.07. The van der Waals surface area contributed by atoms with Crippen LogP contribution < -0.4 is 0 Å². The largest absolute Gasteiger partial charge is 0.0617 e. The van der Waals surface area contributed by atoms with Crippen molar-refractivity contribution in [2.24, 2.45) is 17.3 Å². The summed E-state index contributed by atoms with van der Waals surface area (Å²) in [6, 6.07) is 0. The Bertz CT molecular complexity index is 72.0. The molecule has 1 unspecified atom stereocenters. The lowest BCUT2D eigenvalue weighted by molar-refractivity contribution is 0.559. The van der Waals surface area contributed by atoms with Crippen molar-refractivity contribution in [3.05, 3.63) is 0 Å². The van der Waals surface area contributed by atoms with E-state index in [0.29, 0.717) is 5.41 Å². The van der Waals surface area contributed by atoms with Crippen LogP contribution in [0, 0.1) is 17.3 Å². The maximum Gasteiger partial charge on any atom is -0.0297 e. The van der Waals surface area contributed by atoms with E-state index in [2.05, 4.69) is 27.7 Å². The van der Waals surface area contributed by atoms with Crippen molar-refractivity contribution in [3.63, 3.8) is 0 Å². The summed E-state index contributed by atoms with van der Waals surface area (Å²) in [6.45, 7) is 9.32. The molecular formula is C7H14. The summed E-state index contributed by atoms with van der Waals surface area (Å²) in [5.74, 6) is 1.93. The Hall–Kier alpha value is 0. The van der Waals surface area contributed by atoms with Crippen LogP contribution in [-0.4, -0.2) is 0 Å². The molecule has 1 aliphatic rings. The number of hydrogen-bond donors (Lipinski definition) is 0. The Kier molecular flexibility index (Phi) is 0.765. The lowest BCUT2D eigenvalue weighted by Crippen LogP contribution is -1.85. The van der Waals surface area contributed by atoms with E-state index in [1.165, 1.54) is 0 Å². The van der Waals surface area contributed by atoms with Crippen LogP contribution in [0.1, 0.15) is 27.7 Å². The molecule has 0 nitrogen and oxygen atoms in total. The van der Waals surface area contributed by atoms with Gasteiger partial charge in [-0.25, -0.2) is 0 Å². The molecule has 0 amide bonds. The van der Waals surface area contributed by atoms with E-state index in [1.807, 2.05) is 0 Å². The van der Waals surface area contributed by atoms with Gasteiger partial charge < -0.3 is 0 Å². The molecule has 0 aromatic carbocycles.